The Morgan fingerprint density at radius 2 is 2.24 bits per heavy atom. The maximum Gasteiger partial charge on any atom is 0.234 e. The third-order valence-electron chi connectivity index (χ3n) is 3.31. The van der Waals surface area contributed by atoms with Gasteiger partial charge in [-0.05, 0) is 25.7 Å². The Bertz CT molecular complexity index is 233. The van der Waals surface area contributed by atoms with E-state index in [2.05, 4.69) is 17.6 Å². The van der Waals surface area contributed by atoms with Crippen molar-refractivity contribution < 1.29 is 9.53 Å². The molecule has 0 heterocycles. The highest BCUT2D eigenvalue weighted by molar-refractivity contribution is 5.78. The van der Waals surface area contributed by atoms with E-state index >= 15 is 0 Å². The first-order chi connectivity index (χ1) is 8.11. The van der Waals surface area contributed by atoms with Gasteiger partial charge in [-0.15, -0.1) is 0 Å². The molecule has 2 N–H and O–H groups in total. The molecule has 1 aliphatic rings. The second kappa shape index (κ2) is 7.67. The normalized spacial score (nSPS) is 26.5. The fourth-order valence-electron chi connectivity index (χ4n) is 2.47. The maximum absolute atomic E-state index is 11.6. The molecule has 1 amide bonds. The van der Waals surface area contributed by atoms with E-state index in [0.29, 0.717) is 19.2 Å². The molecular formula is C13H26N2O2. The van der Waals surface area contributed by atoms with Crippen molar-refractivity contribution in [1.82, 2.24) is 10.6 Å². The van der Waals surface area contributed by atoms with Crippen molar-refractivity contribution >= 4 is 5.91 Å². The molecule has 17 heavy (non-hydrogen) atoms. The van der Waals surface area contributed by atoms with Crippen LogP contribution in [0.1, 0.15) is 39.5 Å². The molecular weight excluding hydrogens is 216 g/mol. The van der Waals surface area contributed by atoms with Crippen molar-refractivity contribution in [2.75, 3.05) is 20.3 Å². The summed E-state index contributed by atoms with van der Waals surface area (Å²) in [5.74, 6) is 0.851. The molecule has 1 aliphatic carbocycles. The second-order valence-electron chi connectivity index (χ2n) is 5.27. The van der Waals surface area contributed by atoms with Gasteiger partial charge in [0, 0.05) is 19.2 Å². The molecule has 0 aromatic heterocycles. The van der Waals surface area contributed by atoms with Gasteiger partial charge in [0.05, 0.1) is 13.2 Å². The third-order valence-corrected chi connectivity index (χ3v) is 3.31. The zero-order valence-corrected chi connectivity index (χ0v) is 11.3. The fourth-order valence-corrected chi connectivity index (χ4v) is 2.47. The summed E-state index contributed by atoms with van der Waals surface area (Å²) in [7, 11) is 1.64. The molecule has 0 aromatic carbocycles. The van der Waals surface area contributed by atoms with Crippen LogP contribution in [0.3, 0.4) is 0 Å². The summed E-state index contributed by atoms with van der Waals surface area (Å²) in [5, 5.41) is 6.25. The molecule has 3 unspecified atom stereocenters. The van der Waals surface area contributed by atoms with E-state index in [1.807, 2.05) is 6.92 Å². The number of nitrogens with one attached hydrogen (secondary N) is 2. The minimum atomic E-state index is 0.0628. The van der Waals surface area contributed by atoms with Gasteiger partial charge in [0.1, 0.15) is 0 Å². The lowest BCUT2D eigenvalue weighted by Crippen LogP contribution is -2.44. The van der Waals surface area contributed by atoms with Crippen molar-refractivity contribution in [3.8, 4) is 0 Å². The van der Waals surface area contributed by atoms with Gasteiger partial charge >= 0.3 is 0 Å². The van der Waals surface area contributed by atoms with Gasteiger partial charge < -0.3 is 15.4 Å². The highest BCUT2D eigenvalue weighted by atomic mass is 16.5. The quantitative estimate of drug-likeness (QED) is 0.738. The molecule has 3 atom stereocenters. The number of hydrogen-bond acceptors (Lipinski definition) is 3. The second-order valence-corrected chi connectivity index (χ2v) is 5.27. The standard InChI is InChI=1S/C13H26N2O2/c1-10-5-4-6-12(7-10)14-8-13(16)15-11(2)9-17-3/h10-12,14H,4-9H2,1-3H3,(H,15,16). The van der Waals surface area contributed by atoms with Crippen LogP contribution < -0.4 is 10.6 Å². The van der Waals surface area contributed by atoms with Gasteiger partial charge in [-0.1, -0.05) is 19.8 Å². The van der Waals surface area contributed by atoms with Gasteiger partial charge in [0.15, 0.2) is 0 Å². The molecule has 1 fully saturated rings. The lowest BCUT2D eigenvalue weighted by atomic mass is 9.87. The maximum atomic E-state index is 11.6. The summed E-state index contributed by atoms with van der Waals surface area (Å²) in [6.45, 7) is 5.22. The van der Waals surface area contributed by atoms with Gasteiger partial charge in [0.2, 0.25) is 5.91 Å². The summed E-state index contributed by atoms with van der Waals surface area (Å²) in [4.78, 5) is 11.6. The van der Waals surface area contributed by atoms with Crippen molar-refractivity contribution in [2.45, 2.75) is 51.6 Å². The highest BCUT2D eigenvalue weighted by Crippen LogP contribution is 2.23. The average molecular weight is 242 g/mol. The van der Waals surface area contributed by atoms with Gasteiger partial charge in [0.25, 0.3) is 0 Å². The summed E-state index contributed by atoms with van der Waals surface area (Å²) < 4.78 is 4.98. The Balaban J connectivity index is 2.14. The van der Waals surface area contributed by atoms with Crippen LogP contribution in [-0.4, -0.2) is 38.3 Å². The lowest BCUT2D eigenvalue weighted by molar-refractivity contribution is -0.121. The Kier molecular flexibility index (Phi) is 6.52. The first-order valence-corrected chi connectivity index (χ1v) is 6.63. The zero-order valence-electron chi connectivity index (χ0n) is 11.3. The summed E-state index contributed by atoms with van der Waals surface area (Å²) >= 11 is 0. The molecule has 4 nitrogen and oxygen atoms in total. The lowest BCUT2D eigenvalue weighted by Gasteiger charge is -2.27. The summed E-state index contributed by atoms with van der Waals surface area (Å²) in [5.41, 5.74) is 0. The fraction of sp³-hybridized carbons (Fsp3) is 0.923. The van der Waals surface area contributed by atoms with Crippen LogP contribution in [0, 0.1) is 5.92 Å². The third kappa shape index (κ3) is 6.03. The van der Waals surface area contributed by atoms with E-state index < -0.39 is 0 Å². The number of methoxy groups -OCH3 is 1. The first-order valence-electron chi connectivity index (χ1n) is 6.63. The van der Waals surface area contributed by atoms with Crippen molar-refractivity contribution in [1.29, 1.82) is 0 Å². The molecule has 0 aliphatic heterocycles. The number of hydrogen-bond donors (Lipinski definition) is 2. The smallest absolute Gasteiger partial charge is 0.234 e. The number of carbonyl (C=O) groups is 1. The number of amides is 1. The largest absolute Gasteiger partial charge is 0.383 e. The first kappa shape index (κ1) is 14.5. The van der Waals surface area contributed by atoms with Crippen molar-refractivity contribution in [3.05, 3.63) is 0 Å². The van der Waals surface area contributed by atoms with Crippen molar-refractivity contribution in [3.63, 3.8) is 0 Å². The number of rotatable bonds is 6. The van der Waals surface area contributed by atoms with Gasteiger partial charge in [-0.3, -0.25) is 4.79 Å². The predicted octanol–water partition coefficient (Wildman–Crippen LogP) is 1.31. The Morgan fingerprint density at radius 3 is 2.88 bits per heavy atom. The van der Waals surface area contributed by atoms with E-state index in [4.69, 9.17) is 4.74 Å². The van der Waals surface area contributed by atoms with Crippen molar-refractivity contribution in [2.24, 2.45) is 5.92 Å². The molecule has 0 spiro atoms. The minimum absolute atomic E-state index is 0.0628. The van der Waals surface area contributed by atoms with Crippen LogP contribution in [-0.2, 0) is 9.53 Å². The summed E-state index contributed by atoms with van der Waals surface area (Å²) in [6.07, 6.45) is 5.00. The van der Waals surface area contributed by atoms with Gasteiger partial charge in [-0.25, -0.2) is 0 Å². The van der Waals surface area contributed by atoms with Crippen LogP contribution in [0.4, 0.5) is 0 Å². The minimum Gasteiger partial charge on any atom is -0.383 e. The van der Waals surface area contributed by atoms with Crippen LogP contribution in [0.25, 0.3) is 0 Å². The monoisotopic (exact) mass is 242 g/mol. The molecule has 100 valence electrons. The molecule has 1 rings (SSSR count). The summed E-state index contributed by atoms with van der Waals surface area (Å²) in [6, 6.07) is 0.599. The Labute approximate surface area is 104 Å². The molecule has 0 radical (unpaired) electrons. The average Bonchev–Trinajstić information content (AvgIpc) is 2.27. The predicted molar refractivity (Wildman–Crippen MR) is 68.9 cm³/mol. The van der Waals surface area contributed by atoms with Crippen LogP contribution in [0.5, 0.6) is 0 Å². The molecule has 0 saturated heterocycles. The molecule has 0 aromatic rings. The highest BCUT2D eigenvalue weighted by Gasteiger charge is 2.19. The van der Waals surface area contributed by atoms with Gasteiger partial charge in [-0.2, -0.15) is 0 Å². The topological polar surface area (TPSA) is 50.4 Å². The SMILES string of the molecule is COCC(C)NC(=O)CNC1CCCC(C)C1. The van der Waals surface area contributed by atoms with E-state index in [9.17, 15) is 4.79 Å². The van der Waals surface area contributed by atoms with E-state index in [1.165, 1.54) is 25.7 Å². The Hall–Kier alpha value is -0.610. The number of carbonyl (C=O) groups excluding carboxylic acids is 1. The van der Waals surface area contributed by atoms with Crippen LogP contribution in [0.15, 0.2) is 0 Å². The molecule has 4 heteroatoms. The van der Waals surface area contributed by atoms with Crippen LogP contribution in [0.2, 0.25) is 0 Å². The van der Waals surface area contributed by atoms with E-state index in [1.54, 1.807) is 7.11 Å². The van der Waals surface area contributed by atoms with E-state index in [0.717, 1.165) is 5.92 Å². The zero-order chi connectivity index (χ0) is 12.7. The molecule has 0 bridgehead atoms. The molecule has 1 saturated carbocycles. The number of ether oxygens (including phenoxy) is 1. The van der Waals surface area contributed by atoms with Crippen LogP contribution >= 0.6 is 0 Å². The Morgan fingerprint density at radius 1 is 1.47 bits per heavy atom. The van der Waals surface area contributed by atoms with E-state index in [-0.39, 0.29) is 11.9 Å².